The van der Waals surface area contributed by atoms with Gasteiger partial charge < -0.3 is 15.5 Å². The maximum Gasteiger partial charge on any atom is 0.239 e. The highest BCUT2D eigenvalue weighted by Gasteiger charge is 2.23. The number of nitrogens with zero attached hydrogens (tertiary/aromatic N) is 3. The normalized spacial score (nSPS) is 14.2. The van der Waals surface area contributed by atoms with Gasteiger partial charge in [0.1, 0.15) is 5.82 Å². The number of aliphatic hydroxyl groups is 2. The molecule has 0 spiro atoms. The molecule has 0 aliphatic heterocycles. The Morgan fingerprint density at radius 2 is 1.68 bits per heavy atom. The summed E-state index contributed by atoms with van der Waals surface area (Å²) in [6.45, 7) is 5.62. The van der Waals surface area contributed by atoms with Crippen molar-refractivity contribution in [3.63, 3.8) is 0 Å². The minimum absolute atomic E-state index is 0.0422. The Morgan fingerprint density at radius 3 is 2.27 bits per heavy atom. The fraction of sp³-hybridized carbons (Fsp3) is 0.367. The third-order valence-electron chi connectivity index (χ3n) is 6.50. The van der Waals surface area contributed by atoms with Gasteiger partial charge >= 0.3 is 0 Å². The second-order valence-electron chi connectivity index (χ2n) is 10.3. The van der Waals surface area contributed by atoms with Gasteiger partial charge in [-0.05, 0) is 42.7 Å². The average Bonchev–Trinajstić information content (AvgIpc) is 2.91. The number of hydrogen-bond acceptors (Lipinski definition) is 7. The number of anilines is 1. The first-order chi connectivity index (χ1) is 19.3. The van der Waals surface area contributed by atoms with E-state index in [4.69, 9.17) is 0 Å². The van der Waals surface area contributed by atoms with E-state index in [-0.39, 0.29) is 36.7 Å². The number of sulfonamides is 1. The summed E-state index contributed by atoms with van der Waals surface area (Å²) >= 11 is 0. The molecule has 0 radical (unpaired) electrons. The highest BCUT2D eigenvalue weighted by Crippen LogP contribution is 2.31. The lowest BCUT2D eigenvalue weighted by atomic mass is 9.97. The zero-order valence-electron chi connectivity index (χ0n) is 23.8. The van der Waals surface area contributed by atoms with Gasteiger partial charge in [0.15, 0.2) is 0 Å². The number of amides is 1. The van der Waals surface area contributed by atoms with Crippen LogP contribution in [0.4, 0.5) is 10.3 Å². The predicted octanol–water partition coefficient (Wildman–Crippen LogP) is 4.19. The molecule has 1 aromatic heterocycles. The molecule has 11 heteroatoms. The van der Waals surface area contributed by atoms with Gasteiger partial charge in [0.2, 0.25) is 21.9 Å². The maximum atomic E-state index is 13.7. The number of aromatic nitrogens is 2. The van der Waals surface area contributed by atoms with Crippen LogP contribution in [0.5, 0.6) is 0 Å². The van der Waals surface area contributed by atoms with Crippen molar-refractivity contribution in [2.75, 3.05) is 17.6 Å². The van der Waals surface area contributed by atoms with E-state index < -0.39 is 28.0 Å². The van der Waals surface area contributed by atoms with E-state index in [1.54, 1.807) is 6.08 Å². The molecule has 0 aliphatic rings. The summed E-state index contributed by atoms with van der Waals surface area (Å²) in [5, 5.41) is 24.0. The third-order valence-corrected chi connectivity index (χ3v) is 7.66. The molecular weight excluding hydrogens is 547 g/mol. The Hall–Kier alpha value is -3.67. The van der Waals surface area contributed by atoms with E-state index in [9.17, 15) is 27.8 Å². The third kappa shape index (κ3) is 8.91. The van der Waals surface area contributed by atoms with Crippen molar-refractivity contribution >= 4 is 28.0 Å². The summed E-state index contributed by atoms with van der Waals surface area (Å²) in [7, 11) is -2.31. The number of benzene rings is 2. The summed E-state index contributed by atoms with van der Waals surface area (Å²) in [5.74, 6) is -0.991. The first-order valence-electron chi connectivity index (χ1n) is 13.3. The van der Waals surface area contributed by atoms with Crippen molar-refractivity contribution in [3.05, 3.63) is 83.3 Å². The van der Waals surface area contributed by atoms with Crippen molar-refractivity contribution in [1.82, 2.24) is 15.3 Å². The van der Waals surface area contributed by atoms with Crippen LogP contribution in [0, 0.1) is 5.82 Å². The monoisotopic (exact) mass is 584 g/mol. The van der Waals surface area contributed by atoms with Gasteiger partial charge in [-0.25, -0.2) is 27.1 Å². The molecule has 9 nitrogen and oxygen atoms in total. The van der Waals surface area contributed by atoms with Crippen molar-refractivity contribution in [1.29, 1.82) is 0 Å². The molecule has 3 atom stereocenters. The first kappa shape index (κ1) is 31.9. The van der Waals surface area contributed by atoms with E-state index in [1.165, 1.54) is 37.4 Å². The highest BCUT2D eigenvalue weighted by atomic mass is 32.2. The van der Waals surface area contributed by atoms with Crippen LogP contribution in [0.1, 0.15) is 62.4 Å². The molecule has 0 unspecified atom stereocenters. The largest absolute Gasteiger partial charge is 0.392 e. The Morgan fingerprint density at radius 1 is 1.05 bits per heavy atom. The van der Waals surface area contributed by atoms with Crippen LogP contribution in [0.3, 0.4) is 0 Å². The van der Waals surface area contributed by atoms with Gasteiger partial charge in [0.25, 0.3) is 0 Å². The van der Waals surface area contributed by atoms with Gasteiger partial charge in [-0.2, -0.15) is 0 Å². The van der Waals surface area contributed by atoms with Crippen LogP contribution in [0.15, 0.2) is 60.7 Å². The lowest BCUT2D eigenvalue weighted by Gasteiger charge is -2.20. The fourth-order valence-corrected chi connectivity index (χ4v) is 4.56. The SMILES string of the molecule is CC(C)c1nc(N(C)S(C)(=O)=O)nc(-c2ccc(F)cc2)c1/C=C/[C@@H](O)C[C@@H](O)CC(=O)N[C@H](C)c1ccccc1. The van der Waals surface area contributed by atoms with Crippen molar-refractivity contribution in [2.45, 2.75) is 57.8 Å². The van der Waals surface area contributed by atoms with Crippen LogP contribution in [0.25, 0.3) is 17.3 Å². The molecule has 0 aliphatic carbocycles. The second kappa shape index (κ2) is 13.8. The van der Waals surface area contributed by atoms with Gasteiger partial charge in [-0.3, -0.25) is 4.79 Å². The number of carbonyl (C=O) groups excluding carboxylic acids is 1. The minimum atomic E-state index is -3.66. The van der Waals surface area contributed by atoms with Crippen LogP contribution < -0.4 is 9.62 Å². The van der Waals surface area contributed by atoms with Gasteiger partial charge in [-0.15, -0.1) is 0 Å². The van der Waals surface area contributed by atoms with Crippen LogP contribution in [-0.2, 0) is 14.8 Å². The van der Waals surface area contributed by atoms with E-state index in [1.807, 2.05) is 51.1 Å². The summed E-state index contributed by atoms with van der Waals surface area (Å²) in [5.41, 5.74) is 2.85. The summed E-state index contributed by atoms with van der Waals surface area (Å²) < 4.78 is 39.1. The Labute approximate surface area is 240 Å². The number of nitrogens with one attached hydrogen (secondary N) is 1. The topological polar surface area (TPSA) is 133 Å². The number of halogens is 1. The number of hydrogen-bond donors (Lipinski definition) is 3. The molecule has 0 saturated carbocycles. The number of aliphatic hydroxyl groups excluding tert-OH is 2. The standard InChI is InChI=1S/C30H37FN4O5S/c1-19(2)28-26(29(22-11-13-23(31)14-12-22)34-30(33-28)35(4)41(5,39)40)16-15-24(36)17-25(37)18-27(38)32-20(3)21-9-7-6-8-10-21/h6-16,19-20,24-25,36-37H,17-18H2,1-5H3,(H,32,38)/b16-15+/t20-,24-,25-/m1/s1. The second-order valence-corrected chi connectivity index (χ2v) is 12.3. The molecule has 0 saturated heterocycles. The molecule has 1 heterocycles. The van der Waals surface area contributed by atoms with E-state index in [2.05, 4.69) is 15.3 Å². The number of rotatable bonds is 12. The van der Waals surface area contributed by atoms with E-state index in [0.717, 1.165) is 16.1 Å². The zero-order valence-corrected chi connectivity index (χ0v) is 24.6. The molecule has 3 aromatic rings. The van der Waals surface area contributed by atoms with Crippen LogP contribution in [-0.4, -0.2) is 60.0 Å². The maximum absolute atomic E-state index is 13.7. The Bertz CT molecular complexity index is 1460. The molecule has 0 bridgehead atoms. The van der Waals surface area contributed by atoms with Gasteiger partial charge in [0.05, 0.1) is 42.3 Å². The summed E-state index contributed by atoms with van der Waals surface area (Å²) in [4.78, 5) is 21.4. The van der Waals surface area contributed by atoms with Crippen LogP contribution >= 0.6 is 0 Å². The highest BCUT2D eigenvalue weighted by molar-refractivity contribution is 7.92. The van der Waals surface area contributed by atoms with Crippen molar-refractivity contribution < 1.29 is 27.8 Å². The smallest absolute Gasteiger partial charge is 0.239 e. The molecule has 41 heavy (non-hydrogen) atoms. The van der Waals surface area contributed by atoms with Gasteiger partial charge in [0, 0.05) is 24.6 Å². The quantitative estimate of drug-likeness (QED) is 0.291. The Kier molecular flexibility index (Phi) is 10.7. The lowest BCUT2D eigenvalue weighted by Crippen LogP contribution is -2.31. The molecular formula is C30H37FN4O5S. The molecule has 3 N–H and O–H groups in total. The molecule has 0 fully saturated rings. The summed E-state index contributed by atoms with van der Waals surface area (Å²) in [6, 6.07) is 14.8. The molecule has 220 valence electrons. The lowest BCUT2D eigenvalue weighted by molar-refractivity contribution is -0.123. The van der Waals surface area contributed by atoms with E-state index >= 15 is 0 Å². The molecule has 1 amide bonds. The summed E-state index contributed by atoms with van der Waals surface area (Å²) in [6.07, 6.45) is 1.63. The van der Waals surface area contributed by atoms with Crippen molar-refractivity contribution in [3.8, 4) is 11.3 Å². The van der Waals surface area contributed by atoms with Gasteiger partial charge in [-0.1, -0.05) is 56.3 Å². The Balaban J connectivity index is 1.83. The molecule has 3 rings (SSSR count). The first-order valence-corrected chi connectivity index (χ1v) is 15.1. The molecule has 2 aromatic carbocycles. The fourth-order valence-electron chi connectivity index (χ4n) is 4.18. The zero-order chi connectivity index (χ0) is 30.3. The predicted molar refractivity (Wildman–Crippen MR) is 158 cm³/mol. The van der Waals surface area contributed by atoms with E-state index in [0.29, 0.717) is 22.5 Å². The van der Waals surface area contributed by atoms with Crippen LogP contribution in [0.2, 0.25) is 0 Å². The van der Waals surface area contributed by atoms with Crippen molar-refractivity contribution in [2.24, 2.45) is 0 Å². The average molecular weight is 585 g/mol. The minimum Gasteiger partial charge on any atom is -0.392 e. The number of carbonyl (C=O) groups is 1.